The van der Waals surface area contributed by atoms with Crippen LogP contribution < -0.4 is 5.32 Å². The van der Waals surface area contributed by atoms with Gasteiger partial charge in [-0.1, -0.05) is 0 Å². The lowest BCUT2D eigenvalue weighted by atomic mass is 10.2. The molecule has 100 valence electrons. The monoisotopic (exact) mass is 342 g/mol. The largest absolute Gasteiger partial charge is 0.354 e. The third-order valence-electron chi connectivity index (χ3n) is 3.21. The maximum Gasteiger partial charge on any atom is 0.222 e. The molecular formula is C12H12BrClN4O. The van der Waals surface area contributed by atoms with Crippen molar-refractivity contribution in [2.45, 2.75) is 18.9 Å². The van der Waals surface area contributed by atoms with Gasteiger partial charge in [0.1, 0.15) is 11.3 Å². The van der Waals surface area contributed by atoms with E-state index in [1.165, 1.54) is 0 Å². The molecule has 0 saturated carbocycles. The summed E-state index contributed by atoms with van der Waals surface area (Å²) < 4.78 is 2.94. The molecule has 0 spiro atoms. The Labute approximate surface area is 123 Å². The Hall–Kier alpha value is -1.14. The first-order chi connectivity index (χ1) is 9.19. The normalized spacial score (nSPS) is 19.1. The molecule has 0 radical (unpaired) electrons. The predicted molar refractivity (Wildman–Crippen MR) is 76.3 cm³/mol. The highest BCUT2D eigenvalue weighted by molar-refractivity contribution is 9.10. The molecule has 3 heterocycles. The second-order valence-corrected chi connectivity index (χ2v) is 5.79. The summed E-state index contributed by atoms with van der Waals surface area (Å²) in [6.45, 7) is 0.622. The van der Waals surface area contributed by atoms with Crippen LogP contribution in [0.2, 0.25) is 0 Å². The minimum absolute atomic E-state index is 0.0702. The number of hydrogen-bond donors (Lipinski definition) is 1. The second kappa shape index (κ2) is 5.09. The summed E-state index contributed by atoms with van der Waals surface area (Å²) in [6.07, 6.45) is 2.88. The van der Waals surface area contributed by atoms with E-state index in [1.807, 2.05) is 10.6 Å². The van der Waals surface area contributed by atoms with Crippen LogP contribution in [0.5, 0.6) is 0 Å². The van der Waals surface area contributed by atoms with Crippen LogP contribution in [0, 0.1) is 0 Å². The number of carbonyl (C=O) groups excluding carboxylic acids is 1. The van der Waals surface area contributed by atoms with E-state index >= 15 is 0 Å². The first kappa shape index (κ1) is 12.9. The Morgan fingerprint density at radius 3 is 3.11 bits per heavy atom. The number of carbonyl (C=O) groups is 1. The van der Waals surface area contributed by atoms with Gasteiger partial charge < -0.3 is 9.88 Å². The number of nitrogens with one attached hydrogen (secondary N) is 1. The summed E-state index contributed by atoms with van der Waals surface area (Å²) in [5.74, 6) is 1.45. The zero-order chi connectivity index (χ0) is 13.4. The van der Waals surface area contributed by atoms with E-state index in [0.29, 0.717) is 25.3 Å². The molecule has 0 aliphatic carbocycles. The fourth-order valence-corrected chi connectivity index (χ4v) is 2.91. The molecule has 1 aliphatic heterocycles. The molecule has 0 bridgehead atoms. The van der Waals surface area contributed by atoms with E-state index in [9.17, 15) is 4.79 Å². The van der Waals surface area contributed by atoms with Crippen LogP contribution in [0.4, 0.5) is 0 Å². The van der Waals surface area contributed by atoms with E-state index in [0.717, 1.165) is 21.5 Å². The van der Waals surface area contributed by atoms with Gasteiger partial charge in [-0.25, -0.2) is 9.97 Å². The highest BCUT2D eigenvalue weighted by Gasteiger charge is 2.27. The van der Waals surface area contributed by atoms with E-state index in [4.69, 9.17) is 11.6 Å². The third kappa shape index (κ3) is 2.34. The van der Waals surface area contributed by atoms with Gasteiger partial charge in [-0.05, 0) is 22.0 Å². The third-order valence-corrected chi connectivity index (χ3v) is 3.83. The molecule has 1 atom stereocenters. The molecule has 2 aromatic rings. The molecule has 5 nitrogen and oxygen atoms in total. The van der Waals surface area contributed by atoms with Crippen molar-refractivity contribution in [1.82, 2.24) is 19.9 Å². The minimum Gasteiger partial charge on any atom is -0.354 e. The number of fused-ring (bicyclic) bond motifs is 1. The SMILES string of the molecule is O=C1CC(n2c(CCCl)nc3cc(Br)cnc32)CN1. The van der Waals surface area contributed by atoms with E-state index in [-0.39, 0.29) is 11.9 Å². The Morgan fingerprint density at radius 1 is 1.58 bits per heavy atom. The first-order valence-corrected chi connectivity index (χ1v) is 7.37. The summed E-state index contributed by atoms with van der Waals surface area (Å²) in [5, 5.41) is 2.85. The van der Waals surface area contributed by atoms with Gasteiger partial charge in [-0.15, -0.1) is 11.6 Å². The molecule has 1 unspecified atom stereocenters. The minimum atomic E-state index is 0.0702. The van der Waals surface area contributed by atoms with Crippen LogP contribution in [0.3, 0.4) is 0 Å². The van der Waals surface area contributed by atoms with Gasteiger partial charge in [0.25, 0.3) is 0 Å². The number of hydrogen-bond acceptors (Lipinski definition) is 3. The molecule has 19 heavy (non-hydrogen) atoms. The van der Waals surface area contributed by atoms with Crippen molar-refractivity contribution in [2.75, 3.05) is 12.4 Å². The number of imidazole rings is 1. The van der Waals surface area contributed by atoms with Crippen LogP contribution in [0.25, 0.3) is 11.2 Å². The van der Waals surface area contributed by atoms with E-state index in [2.05, 4.69) is 31.2 Å². The fraction of sp³-hybridized carbons (Fsp3) is 0.417. The van der Waals surface area contributed by atoms with Gasteiger partial charge in [-0.2, -0.15) is 0 Å². The number of amides is 1. The van der Waals surface area contributed by atoms with E-state index in [1.54, 1.807) is 6.20 Å². The Balaban J connectivity index is 2.13. The maximum absolute atomic E-state index is 11.4. The lowest BCUT2D eigenvalue weighted by Crippen LogP contribution is -2.17. The number of halogens is 2. The van der Waals surface area contributed by atoms with E-state index < -0.39 is 0 Å². The quantitative estimate of drug-likeness (QED) is 0.868. The van der Waals surface area contributed by atoms with Crippen molar-refractivity contribution in [3.63, 3.8) is 0 Å². The maximum atomic E-state index is 11.4. The molecule has 7 heteroatoms. The molecule has 2 aromatic heterocycles. The lowest BCUT2D eigenvalue weighted by Gasteiger charge is -2.13. The second-order valence-electron chi connectivity index (χ2n) is 4.50. The highest BCUT2D eigenvalue weighted by Crippen LogP contribution is 2.26. The molecule has 1 amide bonds. The number of aryl methyl sites for hydroxylation is 1. The zero-order valence-corrected chi connectivity index (χ0v) is 12.4. The van der Waals surface area contributed by atoms with Crippen molar-refractivity contribution in [3.8, 4) is 0 Å². The van der Waals surface area contributed by atoms with Gasteiger partial charge in [0.15, 0.2) is 5.65 Å². The highest BCUT2D eigenvalue weighted by atomic mass is 79.9. The average molecular weight is 344 g/mol. The molecule has 1 saturated heterocycles. The van der Waals surface area contributed by atoms with Crippen LogP contribution in [0.15, 0.2) is 16.7 Å². The van der Waals surface area contributed by atoms with Crippen LogP contribution >= 0.6 is 27.5 Å². The number of alkyl halides is 1. The summed E-state index contributed by atoms with van der Waals surface area (Å²) >= 11 is 9.23. The molecule has 1 N–H and O–H groups in total. The van der Waals surface area contributed by atoms with Crippen LogP contribution in [-0.2, 0) is 11.2 Å². The van der Waals surface area contributed by atoms with Gasteiger partial charge in [0.05, 0.1) is 6.04 Å². The standard InChI is InChI=1S/C12H12BrClN4O/c13-7-3-9-12(16-5-7)18(10(17-9)1-2-14)8-4-11(19)15-6-8/h3,5,8H,1-2,4,6H2,(H,15,19). The fourth-order valence-electron chi connectivity index (χ4n) is 2.42. The Morgan fingerprint density at radius 2 is 2.42 bits per heavy atom. The lowest BCUT2D eigenvalue weighted by molar-refractivity contribution is -0.119. The van der Waals surface area contributed by atoms with Gasteiger partial charge in [0, 0.05) is 35.9 Å². The predicted octanol–water partition coefficient (Wildman–Crippen LogP) is 2.04. The topological polar surface area (TPSA) is 59.8 Å². The smallest absolute Gasteiger partial charge is 0.222 e. The van der Waals surface area contributed by atoms with Crippen LogP contribution in [-0.4, -0.2) is 32.9 Å². The van der Waals surface area contributed by atoms with Gasteiger partial charge >= 0.3 is 0 Å². The van der Waals surface area contributed by atoms with Crippen molar-refractivity contribution >= 4 is 44.6 Å². The zero-order valence-electron chi connectivity index (χ0n) is 10.1. The number of rotatable bonds is 3. The Kier molecular flexibility index (Phi) is 3.45. The summed E-state index contributed by atoms with van der Waals surface area (Å²) in [4.78, 5) is 20.4. The summed E-state index contributed by atoms with van der Waals surface area (Å²) in [6, 6.07) is 2.00. The molecule has 1 fully saturated rings. The molecule has 3 rings (SSSR count). The summed E-state index contributed by atoms with van der Waals surface area (Å²) in [7, 11) is 0. The van der Waals surface area contributed by atoms with Gasteiger partial charge in [0.2, 0.25) is 5.91 Å². The Bertz CT molecular complexity index is 642. The van der Waals surface area contributed by atoms with Crippen molar-refractivity contribution in [1.29, 1.82) is 0 Å². The van der Waals surface area contributed by atoms with Crippen molar-refractivity contribution < 1.29 is 4.79 Å². The average Bonchev–Trinajstić information content (AvgIpc) is 2.92. The molecule has 0 aromatic carbocycles. The van der Waals surface area contributed by atoms with Crippen LogP contribution in [0.1, 0.15) is 18.3 Å². The van der Waals surface area contributed by atoms with Crippen molar-refractivity contribution in [3.05, 3.63) is 22.6 Å². The number of aromatic nitrogens is 3. The number of pyridine rings is 1. The molecular weight excluding hydrogens is 332 g/mol. The first-order valence-electron chi connectivity index (χ1n) is 6.04. The van der Waals surface area contributed by atoms with Gasteiger partial charge in [-0.3, -0.25) is 4.79 Å². The summed E-state index contributed by atoms with van der Waals surface area (Å²) in [5.41, 5.74) is 1.64. The molecule has 1 aliphatic rings. The van der Waals surface area contributed by atoms with Crippen molar-refractivity contribution in [2.24, 2.45) is 0 Å². The number of nitrogens with zero attached hydrogens (tertiary/aromatic N) is 3.